The summed E-state index contributed by atoms with van der Waals surface area (Å²) in [7, 11) is 0. The van der Waals surface area contributed by atoms with E-state index >= 15 is 0 Å². The SMILES string of the molecule is CC1=C(C)C(C)(C)[C@@H](C/C=C(\C)C=O)C1. The van der Waals surface area contributed by atoms with Crippen LogP contribution < -0.4 is 0 Å². The van der Waals surface area contributed by atoms with Crippen molar-refractivity contribution in [1.82, 2.24) is 0 Å². The molecule has 0 saturated heterocycles. The third-order valence-corrected chi connectivity index (χ3v) is 4.09. The Bertz CT molecular complexity index is 318. The maximum Gasteiger partial charge on any atom is 0.145 e. The minimum absolute atomic E-state index is 0.295. The van der Waals surface area contributed by atoms with Gasteiger partial charge in [0.1, 0.15) is 6.29 Å². The average Bonchev–Trinajstić information content (AvgIpc) is 2.38. The van der Waals surface area contributed by atoms with Gasteiger partial charge < -0.3 is 0 Å². The highest BCUT2D eigenvalue weighted by atomic mass is 16.1. The number of rotatable bonds is 3. The van der Waals surface area contributed by atoms with Crippen LogP contribution in [0.4, 0.5) is 0 Å². The molecule has 0 unspecified atom stereocenters. The minimum atomic E-state index is 0.295. The molecule has 1 aliphatic rings. The smallest absolute Gasteiger partial charge is 0.145 e. The molecule has 0 amide bonds. The third-order valence-electron chi connectivity index (χ3n) is 4.09. The van der Waals surface area contributed by atoms with Gasteiger partial charge in [-0.25, -0.2) is 0 Å². The number of hydrogen-bond donors (Lipinski definition) is 0. The van der Waals surface area contributed by atoms with Crippen LogP contribution in [0.1, 0.15) is 47.5 Å². The van der Waals surface area contributed by atoms with E-state index in [1.807, 2.05) is 6.92 Å². The van der Waals surface area contributed by atoms with Crippen molar-refractivity contribution in [3.63, 3.8) is 0 Å². The lowest BCUT2D eigenvalue weighted by Gasteiger charge is -2.28. The van der Waals surface area contributed by atoms with Crippen LogP contribution in [-0.2, 0) is 4.79 Å². The topological polar surface area (TPSA) is 17.1 Å². The quantitative estimate of drug-likeness (QED) is 0.389. The van der Waals surface area contributed by atoms with E-state index in [9.17, 15) is 4.79 Å². The van der Waals surface area contributed by atoms with Gasteiger partial charge in [0.15, 0.2) is 0 Å². The van der Waals surface area contributed by atoms with Crippen molar-refractivity contribution < 1.29 is 4.79 Å². The molecule has 1 nitrogen and oxygen atoms in total. The van der Waals surface area contributed by atoms with Gasteiger partial charge in [-0.2, -0.15) is 0 Å². The third kappa shape index (κ3) is 2.39. The molecule has 1 rings (SSSR count). The maximum absolute atomic E-state index is 10.5. The number of hydrogen-bond acceptors (Lipinski definition) is 1. The summed E-state index contributed by atoms with van der Waals surface area (Å²) in [4.78, 5) is 10.5. The molecule has 0 radical (unpaired) electrons. The monoisotopic (exact) mass is 206 g/mol. The standard InChI is InChI=1S/C14H22O/c1-10(9-15)6-7-13-8-11(2)12(3)14(13,4)5/h6,9,13H,7-8H2,1-5H3/b10-6+/t13-/m0/s1. The lowest BCUT2D eigenvalue weighted by atomic mass is 9.76. The van der Waals surface area contributed by atoms with E-state index in [1.165, 1.54) is 17.6 Å². The van der Waals surface area contributed by atoms with Crippen molar-refractivity contribution in [2.24, 2.45) is 11.3 Å². The molecule has 1 atom stereocenters. The van der Waals surface area contributed by atoms with Crippen LogP contribution in [0.2, 0.25) is 0 Å². The van der Waals surface area contributed by atoms with Crippen molar-refractivity contribution in [1.29, 1.82) is 0 Å². The molecular weight excluding hydrogens is 184 g/mol. The molecule has 1 aliphatic carbocycles. The number of allylic oxidation sites excluding steroid dienone is 4. The zero-order valence-electron chi connectivity index (χ0n) is 10.6. The summed E-state index contributed by atoms with van der Waals surface area (Å²) in [5, 5.41) is 0. The first-order chi connectivity index (χ1) is 6.89. The molecule has 0 aromatic carbocycles. The van der Waals surface area contributed by atoms with E-state index in [0.717, 1.165) is 18.3 Å². The number of carbonyl (C=O) groups excluding carboxylic acids is 1. The molecule has 1 heteroatoms. The highest BCUT2D eigenvalue weighted by Gasteiger charge is 2.36. The summed E-state index contributed by atoms with van der Waals surface area (Å²) in [6, 6.07) is 0. The molecule has 0 heterocycles. The Morgan fingerprint density at radius 1 is 1.47 bits per heavy atom. The lowest BCUT2D eigenvalue weighted by molar-refractivity contribution is -0.104. The zero-order chi connectivity index (χ0) is 11.6. The van der Waals surface area contributed by atoms with Gasteiger partial charge in [0, 0.05) is 0 Å². The predicted octanol–water partition coefficient (Wildman–Crippen LogP) is 3.90. The Hall–Kier alpha value is -0.850. The Morgan fingerprint density at radius 2 is 2.07 bits per heavy atom. The normalized spacial score (nSPS) is 25.9. The average molecular weight is 206 g/mol. The van der Waals surface area contributed by atoms with Gasteiger partial charge in [0.05, 0.1) is 0 Å². The Kier molecular flexibility index (Phi) is 3.54. The zero-order valence-corrected chi connectivity index (χ0v) is 10.6. The molecule has 0 bridgehead atoms. The number of carbonyl (C=O) groups is 1. The largest absolute Gasteiger partial charge is 0.298 e. The van der Waals surface area contributed by atoms with Crippen LogP contribution in [0.15, 0.2) is 22.8 Å². The molecule has 84 valence electrons. The van der Waals surface area contributed by atoms with Crippen LogP contribution in [-0.4, -0.2) is 6.29 Å². The first-order valence-electron chi connectivity index (χ1n) is 5.68. The second-order valence-electron chi connectivity index (χ2n) is 5.33. The van der Waals surface area contributed by atoms with Crippen LogP contribution in [0, 0.1) is 11.3 Å². The van der Waals surface area contributed by atoms with Gasteiger partial charge in [0.25, 0.3) is 0 Å². The van der Waals surface area contributed by atoms with E-state index in [4.69, 9.17) is 0 Å². The van der Waals surface area contributed by atoms with Gasteiger partial charge in [-0.15, -0.1) is 0 Å². The van der Waals surface area contributed by atoms with E-state index in [0.29, 0.717) is 11.3 Å². The summed E-state index contributed by atoms with van der Waals surface area (Å²) in [6.07, 6.45) is 5.22. The van der Waals surface area contributed by atoms with Crippen LogP contribution >= 0.6 is 0 Å². The fourth-order valence-electron chi connectivity index (χ4n) is 2.39. The molecule has 15 heavy (non-hydrogen) atoms. The lowest BCUT2D eigenvalue weighted by Crippen LogP contribution is -2.19. The van der Waals surface area contributed by atoms with Crippen molar-refractivity contribution in [3.8, 4) is 0 Å². The van der Waals surface area contributed by atoms with Crippen LogP contribution in [0.3, 0.4) is 0 Å². The van der Waals surface area contributed by atoms with Gasteiger partial charge >= 0.3 is 0 Å². The van der Waals surface area contributed by atoms with Crippen molar-refractivity contribution >= 4 is 6.29 Å². The van der Waals surface area contributed by atoms with Crippen molar-refractivity contribution in [3.05, 3.63) is 22.8 Å². The molecule has 0 aliphatic heterocycles. The molecule has 0 aromatic heterocycles. The van der Waals surface area contributed by atoms with Crippen LogP contribution in [0.25, 0.3) is 0 Å². The number of aldehydes is 1. The molecule has 0 saturated carbocycles. The summed E-state index contributed by atoms with van der Waals surface area (Å²) in [5.74, 6) is 0.660. The Labute approximate surface area is 93.3 Å². The summed E-state index contributed by atoms with van der Waals surface area (Å²) in [5.41, 5.74) is 4.21. The summed E-state index contributed by atoms with van der Waals surface area (Å²) in [6.45, 7) is 11.0. The second-order valence-corrected chi connectivity index (χ2v) is 5.33. The molecule has 0 spiro atoms. The highest BCUT2D eigenvalue weighted by Crippen LogP contribution is 2.48. The van der Waals surface area contributed by atoms with E-state index in [2.05, 4.69) is 33.8 Å². The molecule has 0 aromatic rings. The first-order valence-corrected chi connectivity index (χ1v) is 5.68. The van der Waals surface area contributed by atoms with E-state index in [1.54, 1.807) is 0 Å². The maximum atomic E-state index is 10.5. The molecule has 0 N–H and O–H groups in total. The van der Waals surface area contributed by atoms with Gasteiger partial charge in [-0.05, 0) is 50.5 Å². The van der Waals surface area contributed by atoms with Gasteiger partial charge in [-0.1, -0.05) is 31.1 Å². The Morgan fingerprint density at radius 3 is 2.47 bits per heavy atom. The first kappa shape index (κ1) is 12.2. The fourth-order valence-corrected chi connectivity index (χ4v) is 2.39. The summed E-state index contributed by atoms with van der Waals surface area (Å²) >= 11 is 0. The highest BCUT2D eigenvalue weighted by molar-refractivity contribution is 5.71. The molecular formula is C14H22O. The fraction of sp³-hybridized carbons (Fsp3) is 0.643. The summed E-state index contributed by atoms with van der Waals surface area (Å²) < 4.78 is 0. The van der Waals surface area contributed by atoms with E-state index in [-0.39, 0.29) is 0 Å². The van der Waals surface area contributed by atoms with Crippen LogP contribution in [0.5, 0.6) is 0 Å². The van der Waals surface area contributed by atoms with Crippen molar-refractivity contribution in [2.45, 2.75) is 47.5 Å². The van der Waals surface area contributed by atoms with Gasteiger partial charge in [-0.3, -0.25) is 4.79 Å². The van der Waals surface area contributed by atoms with Crippen molar-refractivity contribution in [2.75, 3.05) is 0 Å². The molecule has 0 fully saturated rings. The van der Waals surface area contributed by atoms with E-state index < -0.39 is 0 Å². The second kappa shape index (κ2) is 4.34. The minimum Gasteiger partial charge on any atom is -0.298 e. The Balaban J connectivity index is 2.73. The van der Waals surface area contributed by atoms with Gasteiger partial charge in [0.2, 0.25) is 0 Å². The predicted molar refractivity (Wildman–Crippen MR) is 64.7 cm³/mol.